The molecule has 0 aliphatic carbocycles. The van der Waals surface area contributed by atoms with Crippen molar-refractivity contribution in [1.82, 2.24) is 15.1 Å². The minimum absolute atomic E-state index is 0.00711. The fraction of sp³-hybridized carbons (Fsp3) is 0.353. The van der Waals surface area contributed by atoms with E-state index in [-0.39, 0.29) is 23.1 Å². The number of aromatic nitrogens is 2. The van der Waals surface area contributed by atoms with Gasteiger partial charge in [0.15, 0.2) is 0 Å². The van der Waals surface area contributed by atoms with E-state index in [0.717, 1.165) is 10.2 Å². The van der Waals surface area contributed by atoms with Crippen molar-refractivity contribution in [3.63, 3.8) is 0 Å². The van der Waals surface area contributed by atoms with Crippen LogP contribution in [0.25, 0.3) is 0 Å². The number of hydrogen-bond acceptors (Lipinski definition) is 4. The van der Waals surface area contributed by atoms with Gasteiger partial charge >= 0.3 is 0 Å². The molecule has 2 atom stereocenters. The van der Waals surface area contributed by atoms with E-state index in [4.69, 9.17) is 0 Å². The first-order chi connectivity index (χ1) is 11.0. The van der Waals surface area contributed by atoms with Gasteiger partial charge in [-0.05, 0) is 25.0 Å². The molecule has 23 heavy (non-hydrogen) atoms. The van der Waals surface area contributed by atoms with Gasteiger partial charge in [0.05, 0.1) is 6.10 Å². The van der Waals surface area contributed by atoms with Crippen LogP contribution in [-0.4, -0.2) is 33.4 Å². The van der Waals surface area contributed by atoms with E-state index >= 15 is 0 Å². The highest BCUT2D eigenvalue weighted by atomic mass is 16.3. The predicted octanol–water partition coefficient (Wildman–Crippen LogP) is 1.06. The Bertz CT molecular complexity index is 711. The summed E-state index contributed by atoms with van der Waals surface area (Å²) in [4.78, 5) is 23.5. The second-order valence-corrected chi connectivity index (χ2v) is 5.58. The topological polar surface area (TPSA) is 84.2 Å². The molecule has 0 saturated carbocycles. The molecule has 2 N–H and O–H groups in total. The quantitative estimate of drug-likeness (QED) is 0.835. The lowest BCUT2D eigenvalue weighted by Gasteiger charge is -2.19. The van der Waals surface area contributed by atoms with Crippen molar-refractivity contribution in [2.45, 2.75) is 25.4 Å². The van der Waals surface area contributed by atoms with E-state index in [0.29, 0.717) is 13.0 Å². The summed E-state index contributed by atoms with van der Waals surface area (Å²) in [7, 11) is 1.50. The van der Waals surface area contributed by atoms with Gasteiger partial charge < -0.3 is 10.4 Å². The van der Waals surface area contributed by atoms with Crippen molar-refractivity contribution >= 4 is 5.91 Å². The zero-order chi connectivity index (χ0) is 16.8. The third-order valence-electron chi connectivity index (χ3n) is 3.60. The van der Waals surface area contributed by atoms with E-state index in [9.17, 15) is 14.7 Å². The first kappa shape index (κ1) is 16.9. The number of aryl methyl sites for hydroxylation is 1. The number of hydrogen-bond donors (Lipinski definition) is 2. The third kappa shape index (κ3) is 4.75. The van der Waals surface area contributed by atoms with E-state index in [1.807, 2.05) is 30.3 Å². The number of rotatable bonds is 6. The second-order valence-electron chi connectivity index (χ2n) is 5.58. The molecule has 6 nitrogen and oxygen atoms in total. The van der Waals surface area contributed by atoms with Crippen LogP contribution in [0.2, 0.25) is 0 Å². The van der Waals surface area contributed by atoms with Gasteiger partial charge in [0.2, 0.25) is 0 Å². The van der Waals surface area contributed by atoms with Crippen molar-refractivity contribution in [3.8, 4) is 0 Å². The summed E-state index contributed by atoms with van der Waals surface area (Å²) in [6.45, 7) is 2.12. The molecule has 0 aliphatic rings. The standard InChI is InChI=1S/C17H21N3O3/c1-12(21)10-14(13-6-4-3-5-7-13)11-18-17(23)15-8-9-16(22)20(2)19-15/h3-9,12,14,21H,10-11H2,1-2H3,(H,18,23). The lowest BCUT2D eigenvalue weighted by molar-refractivity contribution is 0.0938. The molecule has 1 amide bonds. The molecular formula is C17H21N3O3. The van der Waals surface area contributed by atoms with E-state index in [1.165, 1.54) is 19.2 Å². The Morgan fingerprint density at radius 2 is 1.96 bits per heavy atom. The van der Waals surface area contributed by atoms with Crippen molar-refractivity contribution < 1.29 is 9.90 Å². The van der Waals surface area contributed by atoms with Crippen molar-refractivity contribution in [2.24, 2.45) is 7.05 Å². The number of carbonyl (C=O) groups excluding carboxylic acids is 1. The number of carbonyl (C=O) groups is 1. The Labute approximate surface area is 134 Å². The predicted molar refractivity (Wildman–Crippen MR) is 87.3 cm³/mol. The summed E-state index contributed by atoms with van der Waals surface area (Å²) in [5.41, 5.74) is 0.982. The average Bonchev–Trinajstić information content (AvgIpc) is 2.54. The molecule has 1 aromatic carbocycles. The summed E-state index contributed by atoms with van der Waals surface area (Å²) in [5.74, 6) is -0.334. The van der Waals surface area contributed by atoms with E-state index in [2.05, 4.69) is 10.4 Å². The van der Waals surface area contributed by atoms with Crippen molar-refractivity contribution in [1.29, 1.82) is 0 Å². The van der Waals surface area contributed by atoms with Crippen molar-refractivity contribution in [2.75, 3.05) is 6.54 Å². The van der Waals surface area contributed by atoms with Crippen LogP contribution in [0.5, 0.6) is 0 Å². The van der Waals surface area contributed by atoms with Crippen LogP contribution < -0.4 is 10.9 Å². The SMILES string of the molecule is CC(O)CC(CNC(=O)c1ccc(=O)n(C)n1)c1ccccc1. The molecule has 122 valence electrons. The Hall–Kier alpha value is -2.47. The fourth-order valence-electron chi connectivity index (χ4n) is 2.40. The summed E-state index contributed by atoms with van der Waals surface area (Å²) in [5, 5.41) is 16.4. The average molecular weight is 315 g/mol. The first-order valence-electron chi connectivity index (χ1n) is 7.53. The van der Waals surface area contributed by atoms with Crippen molar-refractivity contribution in [3.05, 3.63) is 64.1 Å². The first-order valence-corrected chi connectivity index (χ1v) is 7.53. The zero-order valence-corrected chi connectivity index (χ0v) is 13.3. The van der Waals surface area contributed by atoms with Crippen LogP contribution in [0.4, 0.5) is 0 Å². The monoisotopic (exact) mass is 315 g/mol. The molecule has 0 spiro atoms. The third-order valence-corrected chi connectivity index (χ3v) is 3.60. The molecule has 0 fully saturated rings. The highest BCUT2D eigenvalue weighted by Gasteiger charge is 2.16. The minimum atomic E-state index is -0.465. The summed E-state index contributed by atoms with van der Waals surface area (Å²) in [6.07, 6.45) is 0.0816. The highest BCUT2D eigenvalue weighted by molar-refractivity contribution is 5.92. The summed E-state index contributed by atoms with van der Waals surface area (Å²) < 4.78 is 1.12. The smallest absolute Gasteiger partial charge is 0.271 e. The zero-order valence-electron chi connectivity index (χ0n) is 13.3. The maximum absolute atomic E-state index is 12.2. The van der Waals surface area contributed by atoms with Crippen LogP contribution in [0, 0.1) is 0 Å². The number of benzene rings is 1. The van der Waals surface area contributed by atoms with Crippen LogP contribution in [-0.2, 0) is 7.05 Å². The van der Waals surface area contributed by atoms with Crippen LogP contribution >= 0.6 is 0 Å². The largest absolute Gasteiger partial charge is 0.393 e. The lowest BCUT2D eigenvalue weighted by Crippen LogP contribution is -2.32. The molecule has 2 rings (SSSR count). The molecule has 0 aliphatic heterocycles. The normalized spacial score (nSPS) is 13.3. The fourth-order valence-corrected chi connectivity index (χ4v) is 2.40. The Morgan fingerprint density at radius 3 is 2.57 bits per heavy atom. The number of nitrogens with zero attached hydrogens (tertiary/aromatic N) is 2. The minimum Gasteiger partial charge on any atom is -0.393 e. The number of aliphatic hydroxyl groups excluding tert-OH is 1. The summed E-state index contributed by atoms with van der Waals surface area (Å²) >= 11 is 0. The molecular weight excluding hydrogens is 294 g/mol. The molecule has 6 heteroatoms. The summed E-state index contributed by atoms with van der Waals surface area (Å²) in [6, 6.07) is 12.5. The molecule has 2 aromatic rings. The van der Waals surface area contributed by atoms with Gasteiger partial charge in [0, 0.05) is 25.6 Å². The molecule has 1 heterocycles. The molecule has 1 aromatic heterocycles. The van der Waals surface area contributed by atoms with Gasteiger partial charge in [0.25, 0.3) is 11.5 Å². The molecule has 0 radical (unpaired) electrons. The van der Waals surface area contributed by atoms with Crippen LogP contribution in [0.3, 0.4) is 0 Å². The number of nitrogens with one attached hydrogen (secondary N) is 1. The maximum atomic E-state index is 12.2. The Kier molecular flexibility index (Phi) is 5.65. The Balaban J connectivity index is 2.07. The van der Waals surface area contributed by atoms with E-state index in [1.54, 1.807) is 6.92 Å². The van der Waals surface area contributed by atoms with Gasteiger partial charge in [-0.1, -0.05) is 30.3 Å². The molecule has 0 bridgehead atoms. The highest BCUT2D eigenvalue weighted by Crippen LogP contribution is 2.20. The molecule has 0 saturated heterocycles. The van der Waals surface area contributed by atoms with Gasteiger partial charge in [0.1, 0.15) is 5.69 Å². The van der Waals surface area contributed by atoms with E-state index < -0.39 is 6.10 Å². The van der Waals surface area contributed by atoms with Gasteiger partial charge in [-0.15, -0.1) is 0 Å². The number of aliphatic hydroxyl groups is 1. The Morgan fingerprint density at radius 1 is 1.26 bits per heavy atom. The lowest BCUT2D eigenvalue weighted by atomic mass is 9.93. The van der Waals surface area contributed by atoms with Gasteiger partial charge in [-0.3, -0.25) is 9.59 Å². The molecule has 2 unspecified atom stereocenters. The second kappa shape index (κ2) is 7.69. The van der Waals surface area contributed by atoms with Crippen LogP contribution in [0.1, 0.15) is 35.3 Å². The van der Waals surface area contributed by atoms with Gasteiger partial charge in [-0.2, -0.15) is 5.10 Å². The van der Waals surface area contributed by atoms with Crippen LogP contribution in [0.15, 0.2) is 47.3 Å². The maximum Gasteiger partial charge on any atom is 0.271 e. The van der Waals surface area contributed by atoms with Gasteiger partial charge in [-0.25, -0.2) is 4.68 Å². The number of amides is 1.